The number of carbonyl (C=O) groups is 1. The van der Waals surface area contributed by atoms with E-state index in [1.54, 1.807) is 0 Å². The number of hydrogen-bond acceptors (Lipinski definition) is 5. The van der Waals surface area contributed by atoms with Gasteiger partial charge in [0, 0.05) is 25.2 Å². The molecule has 1 aliphatic heterocycles. The highest BCUT2D eigenvalue weighted by Crippen LogP contribution is 2.23. The Bertz CT molecular complexity index is 1380. The second kappa shape index (κ2) is 9.73. The lowest BCUT2D eigenvalue weighted by atomic mass is 10.1. The van der Waals surface area contributed by atoms with E-state index in [2.05, 4.69) is 42.5 Å². The number of nitrogens with zero attached hydrogens (tertiary/aromatic N) is 3. The monoisotopic (exact) mass is 501 g/mol. The van der Waals surface area contributed by atoms with Crippen molar-refractivity contribution in [3.05, 3.63) is 57.9 Å². The molecule has 3 aromatic rings. The van der Waals surface area contributed by atoms with Gasteiger partial charge in [0.15, 0.2) is 4.80 Å². The number of morpholine rings is 1. The first-order valence-electron chi connectivity index (χ1n) is 11.6. The summed E-state index contributed by atoms with van der Waals surface area (Å²) >= 11 is 1.50. The fourth-order valence-electron chi connectivity index (χ4n) is 4.24. The molecular weight excluding hydrogens is 470 g/mol. The Balaban J connectivity index is 1.65. The third kappa shape index (κ3) is 4.88. The van der Waals surface area contributed by atoms with E-state index in [4.69, 9.17) is 4.74 Å². The van der Waals surface area contributed by atoms with Crippen LogP contribution in [0.1, 0.15) is 48.7 Å². The zero-order valence-corrected chi connectivity index (χ0v) is 21.9. The Morgan fingerprint density at radius 3 is 2.32 bits per heavy atom. The van der Waals surface area contributed by atoms with Crippen LogP contribution in [0, 0.1) is 13.8 Å². The lowest BCUT2D eigenvalue weighted by Crippen LogP contribution is -2.48. The first-order chi connectivity index (χ1) is 16.1. The van der Waals surface area contributed by atoms with E-state index < -0.39 is 10.0 Å². The molecule has 1 aliphatic rings. The number of benzene rings is 2. The quantitative estimate of drug-likeness (QED) is 0.523. The topological polar surface area (TPSA) is 81.0 Å². The van der Waals surface area contributed by atoms with Crippen LogP contribution in [0.3, 0.4) is 0 Å². The summed E-state index contributed by atoms with van der Waals surface area (Å²) in [6.45, 7) is 11.4. The molecule has 0 radical (unpaired) electrons. The summed E-state index contributed by atoms with van der Waals surface area (Å²) in [6, 6.07) is 10.3. The number of carbonyl (C=O) groups excluding carboxylic acids is 1. The Morgan fingerprint density at radius 2 is 1.71 bits per heavy atom. The predicted octanol–water partition coefficient (Wildman–Crippen LogP) is 4.27. The minimum atomic E-state index is -3.66. The molecule has 9 heteroatoms. The average molecular weight is 502 g/mol. The Morgan fingerprint density at radius 1 is 1.09 bits per heavy atom. The second-order valence-corrected chi connectivity index (χ2v) is 11.9. The van der Waals surface area contributed by atoms with Gasteiger partial charge in [-0.3, -0.25) is 4.79 Å². The van der Waals surface area contributed by atoms with Gasteiger partial charge >= 0.3 is 0 Å². The first-order valence-corrected chi connectivity index (χ1v) is 13.8. The summed E-state index contributed by atoms with van der Waals surface area (Å²) in [7, 11) is -3.66. The molecule has 1 saturated heterocycles. The van der Waals surface area contributed by atoms with Gasteiger partial charge in [-0.05, 0) is 81.6 Å². The van der Waals surface area contributed by atoms with Gasteiger partial charge in [-0.2, -0.15) is 9.30 Å². The molecule has 0 aliphatic carbocycles. The van der Waals surface area contributed by atoms with Crippen molar-refractivity contribution >= 4 is 37.5 Å². The average Bonchev–Trinajstić information content (AvgIpc) is 3.09. The number of hydrogen-bond donors (Lipinski definition) is 0. The summed E-state index contributed by atoms with van der Waals surface area (Å²) < 4.78 is 36.4. The van der Waals surface area contributed by atoms with Gasteiger partial charge in [0.1, 0.15) is 0 Å². The molecule has 1 aromatic heterocycles. The number of aromatic nitrogens is 1. The van der Waals surface area contributed by atoms with Crippen LogP contribution < -0.4 is 4.80 Å². The number of aryl methyl sites for hydroxylation is 3. The predicted molar refractivity (Wildman–Crippen MR) is 135 cm³/mol. The number of thiazole rings is 1. The van der Waals surface area contributed by atoms with Gasteiger partial charge in [-0.1, -0.05) is 18.3 Å². The van der Waals surface area contributed by atoms with Crippen LogP contribution in [-0.2, 0) is 21.3 Å². The molecule has 0 spiro atoms. The zero-order valence-electron chi connectivity index (χ0n) is 20.2. The van der Waals surface area contributed by atoms with E-state index in [-0.39, 0.29) is 23.0 Å². The maximum absolute atomic E-state index is 13.1. The minimum absolute atomic E-state index is 0.165. The van der Waals surface area contributed by atoms with Gasteiger partial charge < -0.3 is 9.30 Å². The maximum atomic E-state index is 13.1. The van der Waals surface area contributed by atoms with Crippen LogP contribution in [0.25, 0.3) is 10.2 Å². The van der Waals surface area contributed by atoms with Gasteiger partial charge in [0.25, 0.3) is 5.91 Å². The van der Waals surface area contributed by atoms with Gasteiger partial charge in [-0.15, -0.1) is 0 Å². The normalized spacial score (nSPS) is 20.2. The Hall–Kier alpha value is -2.33. The van der Waals surface area contributed by atoms with Crippen molar-refractivity contribution in [3.63, 3.8) is 0 Å². The molecule has 2 unspecified atom stereocenters. The molecule has 0 saturated carbocycles. The van der Waals surface area contributed by atoms with E-state index in [0.717, 1.165) is 23.2 Å². The van der Waals surface area contributed by atoms with Gasteiger partial charge in [0.05, 0.1) is 27.3 Å². The summed E-state index contributed by atoms with van der Waals surface area (Å²) in [5.41, 5.74) is 3.84. The third-order valence-corrected chi connectivity index (χ3v) is 8.95. The standard InChI is InChI=1S/C25H31N3O4S2/c1-6-11-28-22-12-16(2)17(3)13-23(22)33-25(28)26-24(29)20-7-9-21(10-8-20)34(30,31)27-14-18(4)32-19(5)15-27/h7-10,12-13,18-19H,6,11,14-15H2,1-5H3. The molecule has 2 atom stereocenters. The van der Waals surface area contributed by atoms with E-state index >= 15 is 0 Å². The van der Waals surface area contributed by atoms with E-state index in [9.17, 15) is 13.2 Å². The lowest BCUT2D eigenvalue weighted by Gasteiger charge is -2.34. The van der Waals surface area contributed by atoms with Crippen molar-refractivity contribution in [1.29, 1.82) is 0 Å². The van der Waals surface area contributed by atoms with Crippen LogP contribution in [0.2, 0.25) is 0 Å². The summed E-state index contributed by atoms with van der Waals surface area (Å²) in [5.74, 6) is -0.387. The van der Waals surface area contributed by atoms with Gasteiger partial charge in [-0.25, -0.2) is 8.42 Å². The molecule has 2 heterocycles. The van der Waals surface area contributed by atoms with Crippen LogP contribution >= 0.6 is 11.3 Å². The third-order valence-electron chi connectivity index (χ3n) is 6.07. The highest BCUT2D eigenvalue weighted by molar-refractivity contribution is 7.89. The molecular formula is C25H31N3O4S2. The van der Waals surface area contributed by atoms with Crippen LogP contribution in [0.15, 0.2) is 46.3 Å². The van der Waals surface area contributed by atoms with Crippen molar-refractivity contribution in [1.82, 2.24) is 8.87 Å². The maximum Gasteiger partial charge on any atom is 0.279 e. The summed E-state index contributed by atoms with van der Waals surface area (Å²) in [4.78, 5) is 18.2. The molecule has 7 nitrogen and oxygen atoms in total. The van der Waals surface area contributed by atoms with Crippen LogP contribution in [-0.4, -0.2) is 48.5 Å². The highest BCUT2D eigenvalue weighted by Gasteiger charge is 2.32. The Labute approximate surface area is 204 Å². The van der Waals surface area contributed by atoms with E-state index in [1.165, 1.54) is 51.0 Å². The van der Waals surface area contributed by atoms with Crippen molar-refractivity contribution in [3.8, 4) is 0 Å². The number of sulfonamides is 1. The van der Waals surface area contributed by atoms with Crippen molar-refractivity contribution in [2.75, 3.05) is 13.1 Å². The molecule has 0 N–H and O–H groups in total. The zero-order chi connectivity index (χ0) is 24.6. The number of amides is 1. The molecule has 34 heavy (non-hydrogen) atoms. The Kier molecular flexibility index (Phi) is 7.09. The number of rotatable bonds is 5. The number of ether oxygens (including phenoxy) is 1. The minimum Gasteiger partial charge on any atom is -0.373 e. The smallest absolute Gasteiger partial charge is 0.279 e. The highest BCUT2D eigenvalue weighted by atomic mass is 32.2. The van der Waals surface area contributed by atoms with E-state index in [1.807, 2.05) is 13.8 Å². The lowest BCUT2D eigenvalue weighted by molar-refractivity contribution is -0.0440. The van der Waals surface area contributed by atoms with Crippen LogP contribution in [0.4, 0.5) is 0 Å². The fraction of sp³-hybridized carbons (Fsp3) is 0.440. The van der Waals surface area contributed by atoms with Crippen molar-refractivity contribution in [2.45, 2.75) is 64.7 Å². The second-order valence-electron chi connectivity index (χ2n) is 8.96. The van der Waals surface area contributed by atoms with Crippen molar-refractivity contribution < 1.29 is 17.9 Å². The molecule has 182 valence electrons. The fourth-order valence-corrected chi connectivity index (χ4v) is 6.97. The van der Waals surface area contributed by atoms with E-state index in [0.29, 0.717) is 23.5 Å². The molecule has 4 rings (SSSR count). The SMILES string of the molecule is CCCn1c(=NC(=O)c2ccc(S(=O)(=O)N3CC(C)OC(C)C3)cc2)sc2cc(C)c(C)cc21. The van der Waals surface area contributed by atoms with Crippen LogP contribution in [0.5, 0.6) is 0 Å². The first kappa shape index (κ1) is 24.8. The molecule has 1 fully saturated rings. The largest absolute Gasteiger partial charge is 0.373 e. The molecule has 1 amide bonds. The van der Waals surface area contributed by atoms with Gasteiger partial charge in [0.2, 0.25) is 10.0 Å². The van der Waals surface area contributed by atoms with Crippen molar-refractivity contribution in [2.24, 2.45) is 4.99 Å². The molecule has 0 bridgehead atoms. The summed E-state index contributed by atoms with van der Waals surface area (Å²) in [6.07, 6.45) is 0.592. The molecule has 2 aromatic carbocycles. The number of fused-ring (bicyclic) bond motifs is 1. The summed E-state index contributed by atoms with van der Waals surface area (Å²) in [5, 5.41) is 0.